The van der Waals surface area contributed by atoms with E-state index in [0.717, 1.165) is 18.4 Å². The number of rotatable bonds is 8. The molecule has 0 aliphatic carbocycles. The number of benzene rings is 3. The molecule has 1 aliphatic rings. The van der Waals surface area contributed by atoms with Gasteiger partial charge in [0, 0.05) is 18.0 Å². The van der Waals surface area contributed by atoms with E-state index in [0.29, 0.717) is 35.5 Å². The Bertz CT molecular complexity index is 1540. The standard InChI is InChI=1S/C27H28N4O5S/c1-2-3-15-28-31-22-12-8-7-11-20(22)25(32)24(27(31)33)26-29-21-14-13-19(16-23(21)37(34,35)30-26)36-17-18-9-5-4-6-10-18/h4-14,16,28,32,34-35H,2-3,15,17H2,1H3,(H,29,30). The molecule has 4 aromatic rings. The number of pyridine rings is 1. The van der Waals surface area contributed by atoms with Crippen molar-refractivity contribution >= 4 is 33.2 Å². The first-order valence-corrected chi connectivity index (χ1v) is 13.5. The number of nitrogens with zero attached hydrogens (tertiary/aromatic N) is 2. The molecular weight excluding hydrogens is 492 g/mol. The van der Waals surface area contributed by atoms with Crippen molar-refractivity contribution in [1.82, 2.24) is 4.68 Å². The van der Waals surface area contributed by atoms with Gasteiger partial charge in [-0.2, -0.15) is 0 Å². The maximum atomic E-state index is 13.5. The van der Waals surface area contributed by atoms with Gasteiger partial charge in [0.05, 0.1) is 11.2 Å². The first kappa shape index (κ1) is 24.7. The fourth-order valence-electron chi connectivity index (χ4n) is 4.16. The maximum Gasteiger partial charge on any atom is 0.284 e. The molecule has 0 unspecified atom stereocenters. The van der Waals surface area contributed by atoms with Gasteiger partial charge in [0.25, 0.3) is 5.56 Å². The molecule has 3 aromatic carbocycles. The Balaban J connectivity index is 1.52. The Morgan fingerprint density at radius 3 is 2.59 bits per heavy atom. The van der Waals surface area contributed by atoms with E-state index in [1.165, 1.54) is 10.7 Å². The van der Waals surface area contributed by atoms with Crippen molar-refractivity contribution in [2.75, 3.05) is 17.3 Å². The van der Waals surface area contributed by atoms with Gasteiger partial charge in [0.2, 0.25) is 0 Å². The van der Waals surface area contributed by atoms with Crippen LogP contribution in [0.25, 0.3) is 10.9 Å². The van der Waals surface area contributed by atoms with Gasteiger partial charge in [0.1, 0.15) is 28.6 Å². The molecule has 1 aromatic heterocycles. The average molecular weight is 521 g/mol. The van der Waals surface area contributed by atoms with Crippen LogP contribution in [0.15, 0.2) is 86.9 Å². The third-order valence-corrected chi connectivity index (χ3v) is 7.42. The van der Waals surface area contributed by atoms with E-state index in [9.17, 15) is 19.0 Å². The van der Waals surface area contributed by atoms with Gasteiger partial charge in [-0.1, -0.05) is 66.6 Å². The lowest BCUT2D eigenvalue weighted by molar-refractivity contribution is 0.305. The van der Waals surface area contributed by atoms with E-state index < -0.39 is 16.3 Å². The Hall–Kier alpha value is -3.99. The third-order valence-electron chi connectivity index (χ3n) is 6.06. The fourth-order valence-corrected chi connectivity index (χ4v) is 5.34. The van der Waals surface area contributed by atoms with Gasteiger partial charge < -0.3 is 20.6 Å². The molecule has 0 amide bonds. The van der Waals surface area contributed by atoms with Gasteiger partial charge in [-0.05, 0) is 36.2 Å². The summed E-state index contributed by atoms with van der Waals surface area (Å²) < 4.78 is 33.2. The Kier molecular flexibility index (Phi) is 6.79. The zero-order valence-corrected chi connectivity index (χ0v) is 21.0. The highest BCUT2D eigenvalue weighted by Crippen LogP contribution is 2.56. The number of hydrogen-bond donors (Lipinski definition) is 5. The first-order chi connectivity index (χ1) is 17.9. The lowest BCUT2D eigenvalue weighted by atomic mass is 10.1. The molecule has 192 valence electrons. The van der Waals surface area contributed by atoms with Gasteiger partial charge in [-0.3, -0.25) is 13.9 Å². The van der Waals surface area contributed by atoms with Crippen molar-refractivity contribution < 1.29 is 18.9 Å². The van der Waals surface area contributed by atoms with Crippen LogP contribution in [0.1, 0.15) is 30.9 Å². The quantitative estimate of drug-likeness (QED) is 0.193. The maximum absolute atomic E-state index is 13.5. The van der Waals surface area contributed by atoms with E-state index in [1.807, 2.05) is 37.3 Å². The zero-order chi connectivity index (χ0) is 26.0. The number of hydrogen-bond acceptors (Lipinski definition) is 8. The third kappa shape index (κ3) is 4.86. The Morgan fingerprint density at radius 1 is 1.05 bits per heavy atom. The lowest BCUT2D eigenvalue weighted by Gasteiger charge is -2.34. The Labute approximate surface area is 215 Å². The molecule has 1 aliphatic heterocycles. The van der Waals surface area contributed by atoms with Crippen LogP contribution in [0.4, 0.5) is 5.69 Å². The molecule has 0 radical (unpaired) electrons. The van der Waals surface area contributed by atoms with Crippen LogP contribution >= 0.6 is 10.8 Å². The van der Waals surface area contributed by atoms with Gasteiger partial charge in [-0.15, -0.1) is 4.40 Å². The van der Waals surface area contributed by atoms with E-state index in [4.69, 9.17) is 4.74 Å². The summed E-state index contributed by atoms with van der Waals surface area (Å²) >= 11 is 0. The second kappa shape index (κ2) is 10.2. The van der Waals surface area contributed by atoms with Crippen molar-refractivity contribution in [2.45, 2.75) is 31.3 Å². The largest absolute Gasteiger partial charge is 0.506 e. The van der Waals surface area contributed by atoms with Crippen molar-refractivity contribution in [2.24, 2.45) is 4.40 Å². The number of para-hydroxylation sites is 1. The summed E-state index contributed by atoms with van der Waals surface area (Å²) in [5.41, 5.74) is 4.24. The number of ether oxygens (including phenoxy) is 1. The topological polar surface area (TPSA) is 128 Å². The first-order valence-electron chi connectivity index (χ1n) is 12.0. The van der Waals surface area contributed by atoms with Crippen molar-refractivity contribution in [3.05, 3.63) is 94.3 Å². The summed E-state index contributed by atoms with van der Waals surface area (Å²) in [5, 5.41) is 14.5. The SMILES string of the molecule is CCCCNn1c(=O)c(C2=NS(O)(O)c3cc(OCc4ccccc4)ccc3N2)c(O)c2ccccc21. The van der Waals surface area contributed by atoms with E-state index in [1.54, 1.807) is 36.4 Å². The predicted molar refractivity (Wildman–Crippen MR) is 147 cm³/mol. The van der Waals surface area contributed by atoms with Crippen molar-refractivity contribution in [3.8, 4) is 11.5 Å². The highest BCUT2D eigenvalue weighted by atomic mass is 32.3. The van der Waals surface area contributed by atoms with Crippen LogP contribution in [0.5, 0.6) is 11.5 Å². The summed E-state index contributed by atoms with van der Waals surface area (Å²) in [6, 6.07) is 21.4. The molecule has 0 saturated carbocycles. The van der Waals surface area contributed by atoms with Crippen LogP contribution in [-0.4, -0.2) is 31.3 Å². The van der Waals surface area contributed by atoms with Crippen LogP contribution in [0, 0.1) is 0 Å². The molecule has 10 heteroatoms. The molecule has 9 nitrogen and oxygen atoms in total. The second-order valence-electron chi connectivity index (χ2n) is 8.66. The highest BCUT2D eigenvalue weighted by molar-refractivity contribution is 8.23. The molecule has 0 saturated heterocycles. The fraction of sp³-hybridized carbons (Fsp3) is 0.185. The minimum absolute atomic E-state index is 0.121. The van der Waals surface area contributed by atoms with Crippen LogP contribution in [-0.2, 0) is 6.61 Å². The van der Waals surface area contributed by atoms with Crippen molar-refractivity contribution in [1.29, 1.82) is 0 Å². The number of aromatic nitrogens is 1. The monoisotopic (exact) mass is 520 g/mol. The zero-order valence-electron chi connectivity index (χ0n) is 20.2. The van der Waals surface area contributed by atoms with E-state index in [2.05, 4.69) is 15.1 Å². The summed E-state index contributed by atoms with van der Waals surface area (Å²) in [4.78, 5) is 13.7. The smallest absolute Gasteiger partial charge is 0.284 e. The number of aromatic hydroxyl groups is 1. The summed E-state index contributed by atoms with van der Waals surface area (Å²) in [6.07, 6.45) is 1.78. The molecule has 37 heavy (non-hydrogen) atoms. The number of amidine groups is 1. The van der Waals surface area contributed by atoms with Gasteiger partial charge in [0.15, 0.2) is 5.84 Å². The molecule has 0 spiro atoms. The normalized spacial score (nSPS) is 14.8. The second-order valence-corrected chi connectivity index (χ2v) is 10.3. The number of anilines is 1. The van der Waals surface area contributed by atoms with Gasteiger partial charge in [-0.25, -0.2) is 4.68 Å². The van der Waals surface area contributed by atoms with E-state index in [-0.39, 0.29) is 22.0 Å². The Morgan fingerprint density at radius 2 is 1.81 bits per heavy atom. The molecule has 0 fully saturated rings. The van der Waals surface area contributed by atoms with Crippen LogP contribution < -0.4 is 21.0 Å². The van der Waals surface area contributed by atoms with Crippen LogP contribution in [0.2, 0.25) is 0 Å². The summed E-state index contributed by atoms with van der Waals surface area (Å²) in [6.45, 7) is 2.91. The molecule has 5 rings (SSSR count). The molecule has 2 heterocycles. The molecule has 0 atom stereocenters. The minimum Gasteiger partial charge on any atom is -0.506 e. The average Bonchev–Trinajstić information content (AvgIpc) is 2.90. The molecule has 5 N–H and O–H groups in total. The van der Waals surface area contributed by atoms with Crippen LogP contribution in [0.3, 0.4) is 0 Å². The number of nitrogens with one attached hydrogen (secondary N) is 2. The molecular formula is C27H28N4O5S. The van der Waals surface area contributed by atoms with E-state index >= 15 is 0 Å². The molecule has 0 bridgehead atoms. The summed E-state index contributed by atoms with van der Waals surface area (Å²) in [7, 11) is -3.70. The summed E-state index contributed by atoms with van der Waals surface area (Å²) in [5.74, 6) is 0.0330. The predicted octanol–water partition coefficient (Wildman–Crippen LogP) is 5.53. The minimum atomic E-state index is -3.70. The number of unbranched alkanes of at least 4 members (excludes halogenated alkanes) is 1. The lowest BCUT2D eigenvalue weighted by Crippen LogP contribution is -2.36. The highest BCUT2D eigenvalue weighted by Gasteiger charge is 2.31. The number of fused-ring (bicyclic) bond motifs is 2. The van der Waals surface area contributed by atoms with Gasteiger partial charge >= 0.3 is 0 Å². The van der Waals surface area contributed by atoms with Crippen molar-refractivity contribution in [3.63, 3.8) is 0 Å².